The number of nitrogens with zero attached hydrogens (tertiary/aromatic N) is 3. The van der Waals surface area contributed by atoms with Crippen LogP contribution in [0, 0.1) is 13.8 Å². The number of nitrogens with two attached hydrogens (primary N) is 1. The van der Waals surface area contributed by atoms with Crippen LogP contribution in [0.1, 0.15) is 23.7 Å². The number of nitrogen functional groups attached to an aromatic ring is 1. The minimum absolute atomic E-state index is 0.0892. The zero-order chi connectivity index (χ0) is 17.0. The monoisotopic (exact) mass is 333 g/mol. The second-order valence-electron chi connectivity index (χ2n) is 5.04. The Balaban J connectivity index is 2.07. The van der Waals surface area contributed by atoms with Crippen molar-refractivity contribution in [2.75, 3.05) is 16.9 Å². The van der Waals surface area contributed by atoms with Crippen molar-refractivity contribution < 1.29 is 4.79 Å². The molecule has 0 saturated heterocycles. The third-order valence-electron chi connectivity index (χ3n) is 3.36. The maximum absolute atomic E-state index is 12.2. The number of aromatic nitrogens is 3. The van der Waals surface area contributed by atoms with E-state index in [1.54, 1.807) is 0 Å². The number of carbonyl (C=O) groups excluding carboxylic acids is 1. The number of nitrogens with one attached hydrogen (secondary N) is 1. The molecule has 1 aromatic heterocycles. The summed E-state index contributed by atoms with van der Waals surface area (Å²) in [6, 6.07) is 5.90. The molecule has 0 aliphatic heterocycles. The summed E-state index contributed by atoms with van der Waals surface area (Å²) in [6.07, 6.45) is 0.830. The summed E-state index contributed by atoms with van der Waals surface area (Å²) < 4.78 is 0.908. The van der Waals surface area contributed by atoms with Crippen molar-refractivity contribution in [2.45, 2.75) is 32.3 Å². The number of anilines is 1. The SMILES string of the molecule is CCc1cccc(C)c1NC(=O)CSc1nnc(C)c(=O)n1N. The first kappa shape index (κ1) is 17.0. The Hall–Kier alpha value is -2.35. The van der Waals surface area contributed by atoms with Crippen molar-refractivity contribution in [2.24, 2.45) is 0 Å². The third-order valence-corrected chi connectivity index (χ3v) is 4.30. The summed E-state index contributed by atoms with van der Waals surface area (Å²) in [4.78, 5) is 23.8. The van der Waals surface area contributed by atoms with Crippen molar-refractivity contribution >= 4 is 23.4 Å². The number of rotatable bonds is 5. The van der Waals surface area contributed by atoms with Crippen LogP contribution in [0.15, 0.2) is 28.2 Å². The van der Waals surface area contributed by atoms with Gasteiger partial charge < -0.3 is 11.2 Å². The maximum atomic E-state index is 12.2. The highest BCUT2D eigenvalue weighted by Gasteiger charge is 2.12. The van der Waals surface area contributed by atoms with Gasteiger partial charge in [0, 0.05) is 5.69 Å². The second-order valence-corrected chi connectivity index (χ2v) is 5.99. The predicted molar refractivity (Wildman–Crippen MR) is 91.1 cm³/mol. The molecule has 0 fully saturated rings. The minimum atomic E-state index is -0.421. The van der Waals surface area contributed by atoms with Gasteiger partial charge in [0.1, 0.15) is 5.69 Å². The molecule has 0 bridgehead atoms. The van der Waals surface area contributed by atoms with Crippen molar-refractivity contribution in [3.63, 3.8) is 0 Å². The molecule has 1 aromatic carbocycles. The van der Waals surface area contributed by atoms with Crippen LogP contribution in [0.4, 0.5) is 5.69 Å². The average Bonchev–Trinajstić information content (AvgIpc) is 2.54. The molecule has 0 atom stereocenters. The van der Waals surface area contributed by atoms with Crippen LogP contribution in [-0.2, 0) is 11.2 Å². The summed E-state index contributed by atoms with van der Waals surface area (Å²) in [7, 11) is 0. The normalized spacial score (nSPS) is 10.6. The number of hydrogen-bond donors (Lipinski definition) is 2. The third kappa shape index (κ3) is 3.89. The van der Waals surface area contributed by atoms with Crippen LogP contribution < -0.4 is 16.7 Å². The Morgan fingerprint density at radius 3 is 2.78 bits per heavy atom. The lowest BCUT2D eigenvalue weighted by Gasteiger charge is -2.13. The van der Waals surface area contributed by atoms with Crippen LogP contribution >= 0.6 is 11.8 Å². The number of amides is 1. The molecule has 3 N–H and O–H groups in total. The molecular weight excluding hydrogens is 314 g/mol. The molecule has 2 aromatic rings. The molecule has 8 heteroatoms. The Morgan fingerprint density at radius 1 is 1.35 bits per heavy atom. The number of para-hydroxylation sites is 1. The van der Waals surface area contributed by atoms with E-state index >= 15 is 0 Å². The van der Waals surface area contributed by atoms with E-state index in [4.69, 9.17) is 5.84 Å². The number of benzene rings is 1. The largest absolute Gasteiger partial charge is 0.334 e. The van der Waals surface area contributed by atoms with Gasteiger partial charge in [-0.1, -0.05) is 36.9 Å². The van der Waals surface area contributed by atoms with Crippen LogP contribution in [-0.4, -0.2) is 26.5 Å². The first-order valence-electron chi connectivity index (χ1n) is 7.16. The van der Waals surface area contributed by atoms with Crippen LogP contribution in [0.2, 0.25) is 0 Å². The van der Waals surface area contributed by atoms with E-state index in [0.29, 0.717) is 0 Å². The van der Waals surface area contributed by atoms with E-state index in [2.05, 4.69) is 15.5 Å². The highest BCUT2D eigenvalue weighted by molar-refractivity contribution is 7.99. The lowest BCUT2D eigenvalue weighted by atomic mass is 10.1. The highest BCUT2D eigenvalue weighted by Crippen LogP contribution is 2.21. The number of thioether (sulfide) groups is 1. The second kappa shape index (κ2) is 7.28. The van der Waals surface area contributed by atoms with E-state index in [1.807, 2.05) is 32.0 Å². The fourth-order valence-electron chi connectivity index (χ4n) is 2.08. The molecule has 7 nitrogen and oxygen atoms in total. The van der Waals surface area contributed by atoms with Gasteiger partial charge in [-0.05, 0) is 31.4 Å². The zero-order valence-electron chi connectivity index (χ0n) is 13.3. The number of carbonyl (C=O) groups is 1. The highest BCUT2D eigenvalue weighted by atomic mass is 32.2. The molecule has 23 heavy (non-hydrogen) atoms. The van der Waals surface area contributed by atoms with Crippen molar-refractivity contribution in [3.05, 3.63) is 45.4 Å². The number of hydrogen-bond acceptors (Lipinski definition) is 6. The van der Waals surface area contributed by atoms with Gasteiger partial charge >= 0.3 is 0 Å². The molecule has 0 aliphatic carbocycles. The standard InChI is InChI=1S/C15H19N5O2S/c1-4-11-7-5-6-9(2)13(11)17-12(21)8-23-15-19-18-10(3)14(22)20(15)16/h5-7H,4,8,16H2,1-3H3,(H,17,21). The summed E-state index contributed by atoms with van der Waals surface area (Å²) >= 11 is 1.07. The molecule has 122 valence electrons. The van der Waals surface area contributed by atoms with Gasteiger partial charge in [-0.15, -0.1) is 10.2 Å². The first-order chi connectivity index (χ1) is 10.9. The Morgan fingerprint density at radius 2 is 2.09 bits per heavy atom. The smallest absolute Gasteiger partial charge is 0.294 e. The predicted octanol–water partition coefficient (Wildman–Crippen LogP) is 1.26. The van der Waals surface area contributed by atoms with Crippen LogP contribution in [0.5, 0.6) is 0 Å². The van der Waals surface area contributed by atoms with Gasteiger partial charge in [0.2, 0.25) is 11.1 Å². The summed E-state index contributed by atoms with van der Waals surface area (Å²) in [5, 5.41) is 10.7. The quantitative estimate of drug-likeness (QED) is 0.631. The van der Waals surface area contributed by atoms with Crippen molar-refractivity contribution in [3.8, 4) is 0 Å². The molecule has 0 saturated carbocycles. The summed E-state index contributed by atoms with van der Waals surface area (Å²) in [5.41, 5.74) is 2.72. The fraction of sp³-hybridized carbons (Fsp3) is 0.333. The molecule has 2 rings (SSSR count). The Bertz CT molecular complexity index is 788. The zero-order valence-corrected chi connectivity index (χ0v) is 14.1. The van der Waals surface area contributed by atoms with Gasteiger partial charge in [0.05, 0.1) is 5.75 Å². The summed E-state index contributed by atoms with van der Waals surface area (Å²) in [6.45, 7) is 5.52. The number of aryl methyl sites for hydroxylation is 3. The molecule has 1 heterocycles. The molecule has 0 spiro atoms. The van der Waals surface area contributed by atoms with Crippen LogP contribution in [0.25, 0.3) is 0 Å². The van der Waals surface area contributed by atoms with E-state index < -0.39 is 5.56 Å². The topological polar surface area (TPSA) is 103 Å². The van der Waals surface area contributed by atoms with E-state index in [-0.39, 0.29) is 22.5 Å². The Kier molecular flexibility index (Phi) is 5.38. The van der Waals surface area contributed by atoms with Gasteiger partial charge in [-0.2, -0.15) is 4.68 Å². The van der Waals surface area contributed by atoms with Gasteiger partial charge in [-0.3, -0.25) is 9.59 Å². The minimum Gasteiger partial charge on any atom is -0.334 e. The lowest BCUT2D eigenvalue weighted by molar-refractivity contribution is -0.113. The molecule has 0 aliphatic rings. The summed E-state index contributed by atoms with van der Waals surface area (Å²) in [5.74, 6) is 5.54. The average molecular weight is 333 g/mol. The van der Waals surface area contributed by atoms with Crippen LogP contribution in [0.3, 0.4) is 0 Å². The van der Waals surface area contributed by atoms with Gasteiger partial charge in [0.15, 0.2) is 0 Å². The first-order valence-corrected chi connectivity index (χ1v) is 8.15. The Labute approximate surface area is 138 Å². The van der Waals surface area contributed by atoms with E-state index in [1.165, 1.54) is 6.92 Å². The fourth-order valence-corrected chi connectivity index (χ4v) is 2.73. The molecular formula is C15H19N5O2S. The van der Waals surface area contributed by atoms with E-state index in [0.717, 1.165) is 39.7 Å². The van der Waals surface area contributed by atoms with Gasteiger partial charge in [-0.25, -0.2) is 0 Å². The molecule has 1 amide bonds. The van der Waals surface area contributed by atoms with Crippen molar-refractivity contribution in [1.29, 1.82) is 0 Å². The lowest BCUT2D eigenvalue weighted by Crippen LogP contribution is -2.32. The maximum Gasteiger partial charge on any atom is 0.294 e. The van der Waals surface area contributed by atoms with Crippen molar-refractivity contribution in [1.82, 2.24) is 14.9 Å². The van der Waals surface area contributed by atoms with E-state index in [9.17, 15) is 9.59 Å². The van der Waals surface area contributed by atoms with Gasteiger partial charge in [0.25, 0.3) is 5.56 Å². The molecule has 0 radical (unpaired) electrons. The molecule has 0 unspecified atom stereocenters.